The van der Waals surface area contributed by atoms with Gasteiger partial charge in [0.25, 0.3) is 11.5 Å². The lowest BCUT2D eigenvalue weighted by molar-refractivity contribution is -0.119. The fourth-order valence-electron chi connectivity index (χ4n) is 1.95. The van der Waals surface area contributed by atoms with Crippen molar-refractivity contribution in [1.82, 2.24) is 9.29 Å². The SMILES string of the molecule is CN(C)S(=O)(=O)c1ccc(Cl)c(NC(=O)COC(=O)c2ccc[nH]c2=O)c1. The van der Waals surface area contributed by atoms with Crippen LogP contribution in [0.1, 0.15) is 10.4 Å². The lowest BCUT2D eigenvalue weighted by Gasteiger charge is -2.14. The van der Waals surface area contributed by atoms with Gasteiger partial charge in [0.2, 0.25) is 10.0 Å². The van der Waals surface area contributed by atoms with Crippen molar-refractivity contribution in [3.8, 4) is 0 Å². The Kier molecular flexibility index (Phi) is 6.37. The summed E-state index contributed by atoms with van der Waals surface area (Å²) in [4.78, 5) is 37.5. The number of pyridine rings is 1. The molecule has 0 spiro atoms. The van der Waals surface area contributed by atoms with Crippen LogP contribution in [0, 0.1) is 0 Å². The first-order chi connectivity index (χ1) is 12.6. The number of nitrogens with zero attached hydrogens (tertiary/aromatic N) is 1. The van der Waals surface area contributed by atoms with Gasteiger partial charge in [-0.3, -0.25) is 9.59 Å². The van der Waals surface area contributed by atoms with Crippen molar-refractivity contribution in [2.24, 2.45) is 0 Å². The summed E-state index contributed by atoms with van der Waals surface area (Å²) in [7, 11) is -0.983. The van der Waals surface area contributed by atoms with Crippen molar-refractivity contribution in [3.63, 3.8) is 0 Å². The summed E-state index contributed by atoms with van der Waals surface area (Å²) in [5.74, 6) is -1.72. The van der Waals surface area contributed by atoms with Gasteiger partial charge in [-0.25, -0.2) is 17.5 Å². The zero-order valence-electron chi connectivity index (χ0n) is 14.4. The van der Waals surface area contributed by atoms with Crippen molar-refractivity contribution in [2.45, 2.75) is 4.90 Å². The molecule has 1 amide bonds. The van der Waals surface area contributed by atoms with E-state index in [9.17, 15) is 22.8 Å². The van der Waals surface area contributed by atoms with Crippen LogP contribution >= 0.6 is 11.6 Å². The van der Waals surface area contributed by atoms with Crippen LogP contribution in [-0.4, -0.2) is 50.3 Å². The van der Waals surface area contributed by atoms with Gasteiger partial charge in [-0.05, 0) is 30.3 Å². The van der Waals surface area contributed by atoms with Gasteiger partial charge in [0.05, 0.1) is 15.6 Å². The molecule has 2 N–H and O–H groups in total. The molecular weight excluding hydrogens is 398 g/mol. The number of amides is 1. The molecular formula is C16H16ClN3O6S. The van der Waals surface area contributed by atoms with Crippen molar-refractivity contribution >= 4 is 39.2 Å². The Bertz CT molecular complexity index is 1030. The van der Waals surface area contributed by atoms with E-state index in [0.717, 1.165) is 4.31 Å². The number of anilines is 1. The molecule has 0 saturated carbocycles. The highest BCUT2D eigenvalue weighted by Crippen LogP contribution is 2.26. The zero-order valence-corrected chi connectivity index (χ0v) is 15.9. The van der Waals surface area contributed by atoms with Crippen LogP contribution in [0.3, 0.4) is 0 Å². The van der Waals surface area contributed by atoms with Crippen LogP contribution < -0.4 is 10.9 Å². The molecule has 9 nitrogen and oxygen atoms in total. The molecule has 1 aromatic carbocycles. The number of carbonyl (C=O) groups excluding carboxylic acids is 2. The summed E-state index contributed by atoms with van der Waals surface area (Å²) in [6.07, 6.45) is 1.35. The first-order valence-electron chi connectivity index (χ1n) is 7.49. The van der Waals surface area contributed by atoms with E-state index in [4.69, 9.17) is 16.3 Å². The van der Waals surface area contributed by atoms with E-state index in [1.165, 1.54) is 50.6 Å². The number of esters is 1. The van der Waals surface area contributed by atoms with E-state index in [0.29, 0.717) is 0 Å². The van der Waals surface area contributed by atoms with E-state index in [1.54, 1.807) is 0 Å². The van der Waals surface area contributed by atoms with Crippen LogP contribution in [0.25, 0.3) is 0 Å². The number of nitrogens with one attached hydrogen (secondary N) is 2. The topological polar surface area (TPSA) is 126 Å². The summed E-state index contributed by atoms with van der Waals surface area (Å²) < 4.78 is 30.1. The number of sulfonamides is 1. The molecule has 0 bridgehead atoms. The van der Waals surface area contributed by atoms with Crippen LogP contribution in [0.4, 0.5) is 5.69 Å². The van der Waals surface area contributed by atoms with Gasteiger partial charge in [0, 0.05) is 20.3 Å². The third-order valence-electron chi connectivity index (χ3n) is 3.36. The van der Waals surface area contributed by atoms with Crippen molar-refractivity contribution < 1.29 is 22.7 Å². The smallest absolute Gasteiger partial charge is 0.344 e. The van der Waals surface area contributed by atoms with E-state index in [2.05, 4.69) is 10.3 Å². The Morgan fingerprint density at radius 2 is 1.96 bits per heavy atom. The molecule has 0 unspecified atom stereocenters. The first kappa shape index (κ1) is 20.6. The third kappa shape index (κ3) is 4.94. The lowest BCUT2D eigenvalue weighted by atomic mass is 10.3. The fraction of sp³-hybridized carbons (Fsp3) is 0.188. The van der Waals surface area contributed by atoms with Gasteiger partial charge < -0.3 is 15.0 Å². The monoisotopic (exact) mass is 413 g/mol. The fourth-order valence-corrected chi connectivity index (χ4v) is 3.04. The molecule has 0 saturated heterocycles. The molecule has 0 radical (unpaired) electrons. The predicted molar refractivity (Wildman–Crippen MR) is 98.3 cm³/mol. The Morgan fingerprint density at radius 3 is 2.59 bits per heavy atom. The largest absolute Gasteiger partial charge is 0.452 e. The van der Waals surface area contributed by atoms with Crippen molar-refractivity contribution in [2.75, 3.05) is 26.0 Å². The van der Waals surface area contributed by atoms with Gasteiger partial charge >= 0.3 is 5.97 Å². The quantitative estimate of drug-likeness (QED) is 0.682. The summed E-state index contributed by atoms with van der Waals surface area (Å²) in [6.45, 7) is -0.686. The number of carbonyl (C=O) groups is 2. The maximum atomic E-state index is 12.2. The number of aromatic nitrogens is 1. The van der Waals surface area contributed by atoms with Crippen LogP contribution in [-0.2, 0) is 19.6 Å². The van der Waals surface area contributed by atoms with Gasteiger partial charge in [0.1, 0.15) is 5.56 Å². The van der Waals surface area contributed by atoms with Gasteiger partial charge in [0.15, 0.2) is 6.61 Å². The Morgan fingerprint density at radius 1 is 1.26 bits per heavy atom. The standard InChI is InChI=1S/C16H16ClN3O6S/c1-20(2)27(24,25)10-5-6-12(17)13(8-10)19-14(21)9-26-16(23)11-4-3-7-18-15(11)22/h3-8H,9H2,1-2H3,(H,18,22)(H,19,21). The highest BCUT2D eigenvalue weighted by molar-refractivity contribution is 7.89. The Labute approximate surface area is 160 Å². The highest BCUT2D eigenvalue weighted by atomic mass is 35.5. The second-order valence-electron chi connectivity index (χ2n) is 5.47. The van der Waals surface area contributed by atoms with Crippen LogP contribution in [0.5, 0.6) is 0 Å². The average molecular weight is 414 g/mol. The Balaban J connectivity index is 2.09. The average Bonchev–Trinajstić information content (AvgIpc) is 2.61. The summed E-state index contributed by atoms with van der Waals surface area (Å²) in [5, 5.41) is 2.47. The minimum Gasteiger partial charge on any atom is -0.452 e. The van der Waals surface area contributed by atoms with E-state index in [1.807, 2.05) is 0 Å². The number of benzene rings is 1. The van der Waals surface area contributed by atoms with Gasteiger partial charge in [-0.1, -0.05) is 11.6 Å². The first-order valence-corrected chi connectivity index (χ1v) is 9.31. The number of halogens is 1. The van der Waals surface area contributed by atoms with E-state index < -0.39 is 34.1 Å². The number of rotatable bonds is 6. The molecule has 0 fully saturated rings. The maximum absolute atomic E-state index is 12.2. The van der Waals surface area contributed by atoms with Crippen LogP contribution in [0.2, 0.25) is 5.02 Å². The molecule has 0 aliphatic rings. The number of aromatic amines is 1. The number of ether oxygens (including phenoxy) is 1. The van der Waals surface area contributed by atoms with Crippen molar-refractivity contribution in [1.29, 1.82) is 0 Å². The summed E-state index contributed by atoms with van der Waals surface area (Å²) in [5.41, 5.74) is -0.854. The second-order valence-corrected chi connectivity index (χ2v) is 8.03. The molecule has 0 atom stereocenters. The van der Waals surface area contributed by atoms with E-state index >= 15 is 0 Å². The highest BCUT2D eigenvalue weighted by Gasteiger charge is 2.19. The molecule has 0 aliphatic heterocycles. The lowest BCUT2D eigenvalue weighted by Crippen LogP contribution is -2.25. The summed E-state index contributed by atoms with van der Waals surface area (Å²) >= 11 is 5.97. The van der Waals surface area contributed by atoms with Gasteiger partial charge in [-0.2, -0.15) is 0 Å². The third-order valence-corrected chi connectivity index (χ3v) is 5.50. The molecule has 144 valence electrons. The van der Waals surface area contributed by atoms with Crippen molar-refractivity contribution in [3.05, 3.63) is 57.5 Å². The molecule has 2 aromatic rings. The zero-order chi connectivity index (χ0) is 20.2. The minimum atomic E-state index is -3.72. The number of hydrogen-bond acceptors (Lipinski definition) is 6. The Hall–Kier alpha value is -2.69. The van der Waals surface area contributed by atoms with E-state index in [-0.39, 0.29) is 21.2 Å². The second kappa shape index (κ2) is 8.33. The minimum absolute atomic E-state index is 0.0400. The molecule has 2 rings (SSSR count). The number of H-pyrrole nitrogens is 1. The molecule has 27 heavy (non-hydrogen) atoms. The molecule has 1 heterocycles. The number of hydrogen-bond donors (Lipinski definition) is 2. The molecule has 11 heteroatoms. The predicted octanol–water partition coefficient (Wildman–Crippen LogP) is 1.07. The van der Waals surface area contributed by atoms with Crippen LogP contribution in [0.15, 0.2) is 46.2 Å². The molecule has 0 aliphatic carbocycles. The normalized spacial score (nSPS) is 11.3. The molecule has 1 aromatic heterocycles. The maximum Gasteiger partial charge on any atom is 0.344 e. The van der Waals surface area contributed by atoms with Gasteiger partial charge in [-0.15, -0.1) is 0 Å². The summed E-state index contributed by atoms with van der Waals surface area (Å²) in [6, 6.07) is 6.51.